The summed E-state index contributed by atoms with van der Waals surface area (Å²) in [6, 6.07) is 5.86. The van der Waals surface area contributed by atoms with Crippen LogP contribution in [0, 0.1) is 11.7 Å². The van der Waals surface area contributed by atoms with Crippen LogP contribution in [-0.4, -0.2) is 30.2 Å². The number of piperidine rings is 1. The van der Waals surface area contributed by atoms with Gasteiger partial charge in [-0.2, -0.15) is 0 Å². The molecule has 1 aliphatic heterocycles. The lowest BCUT2D eigenvalue weighted by Crippen LogP contribution is -2.36. The average molecular weight is 292 g/mol. The van der Waals surface area contributed by atoms with E-state index >= 15 is 0 Å². The second kappa shape index (κ2) is 6.02. The molecule has 1 saturated heterocycles. The number of halogens is 1. The van der Waals surface area contributed by atoms with Gasteiger partial charge in [-0.25, -0.2) is 4.39 Å². The van der Waals surface area contributed by atoms with Gasteiger partial charge in [0.25, 0.3) is 0 Å². The molecule has 1 heterocycles. The third-order valence-corrected chi connectivity index (χ3v) is 4.37. The Bertz CT molecular complexity index is 523. The minimum absolute atomic E-state index is 0.223. The Morgan fingerprint density at radius 1 is 1.29 bits per heavy atom. The van der Waals surface area contributed by atoms with E-state index in [-0.39, 0.29) is 11.7 Å². The number of carboxylic acids is 1. The van der Waals surface area contributed by atoms with Crippen LogP contribution in [0.1, 0.15) is 31.2 Å². The maximum atomic E-state index is 14.0. The summed E-state index contributed by atoms with van der Waals surface area (Å²) in [7, 11) is 0. The lowest BCUT2D eigenvalue weighted by molar-refractivity contribution is -0.142. The molecule has 2 fully saturated rings. The Morgan fingerprint density at radius 3 is 2.62 bits per heavy atom. The Hall–Kier alpha value is -1.62. The summed E-state index contributed by atoms with van der Waals surface area (Å²) in [5.74, 6) is -1.25. The van der Waals surface area contributed by atoms with E-state index in [1.807, 2.05) is 17.0 Å². The van der Waals surface area contributed by atoms with E-state index in [9.17, 15) is 9.18 Å². The van der Waals surface area contributed by atoms with Crippen molar-refractivity contribution in [2.45, 2.75) is 38.3 Å². The van der Waals surface area contributed by atoms with E-state index in [4.69, 9.17) is 5.11 Å². The number of hydrogen-bond acceptors (Lipinski definition) is 3. The molecule has 0 atom stereocenters. The third-order valence-electron chi connectivity index (χ3n) is 4.37. The van der Waals surface area contributed by atoms with Crippen LogP contribution in [0.5, 0.6) is 0 Å². The fourth-order valence-corrected chi connectivity index (χ4v) is 2.83. The van der Waals surface area contributed by atoms with Gasteiger partial charge in [0.15, 0.2) is 0 Å². The van der Waals surface area contributed by atoms with Crippen LogP contribution in [0.25, 0.3) is 0 Å². The van der Waals surface area contributed by atoms with E-state index in [1.54, 1.807) is 0 Å². The summed E-state index contributed by atoms with van der Waals surface area (Å²) >= 11 is 0. The number of aliphatic carboxylic acids is 1. The molecule has 1 aromatic rings. The highest BCUT2D eigenvalue weighted by atomic mass is 19.1. The largest absolute Gasteiger partial charge is 0.481 e. The second-order valence-electron chi connectivity index (χ2n) is 6.04. The molecular formula is C16H21FN2O2. The first kappa shape index (κ1) is 14.3. The van der Waals surface area contributed by atoms with Gasteiger partial charge < -0.3 is 15.3 Å². The molecule has 2 aliphatic rings. The molecule has 1 aliphatic carbocycles. The van der Waals surface area contributed by atoms with Crippen LogP contribution in [0.4, 0.5) is 10.1 Å². The molecule has 0 aromatic heterocycles. The first-order valence-electron chi connectivity index (χ1n) is 7.63. The first-order chi connectivity index (χ1) is 10.1. The Morgan fingerprint density at radius 2 is 2.00 bits per heavy atom. The number of hydrogen-bond donors (Lipinski definition) is 2. The predicted molar refractivity (Wildman–Crippen MR) is 78.8 cm³/mol. The minimum Gasteiger partial charge on any atom is -0.481 e. The van der Waals surface area contributed by atoms with Crippen LogP contribution >= 0.6 is 0 Å². The van der Waals surface area contributed by atoms with Gasteiger partial charge >= 0.3 is 5.97 Å². The molecule has 2 N–H and O–H groups in total. The molecule has 4 nitrogen and oxygen atoms in total. The summed E-state index contributed by atoms with van der Waals surface area (Å²) in [5.41, 5.74) is 1.69. The fraction of sp³-hybridized carbons (Fsp3) is 0.562. The maximum absolute atomic E-state index is 14.0. The number of carboxylic acid groups (broad SMARTS) is 1. The van der Waals surface area contributed by atoms with Gasteiger partial charge in [0.2, 0.25) is 0 Å². The van der Waals surface area contributed by atoms with Gasteiger partial charge in [0.1, 0.15) is 5.82 Å². The number of carbonyl (C=O) groups is 1. The van der Waals surface area contributed by atoms with Crippen molar-refractivity contribution < 1.29 is 14.3 Å². The summed E-state index contributed by atoms with van der Waals surface area (Å²) in [6.07, 6.45) is 3.63. The first-order valence-corrected chi connectivity index (χ1v) is 7.63. The van der Waals surface area contributed by atoms with Crippen molar-refractivity contribution in [3.05, 3.63) is 29.6 Å². The molecule has 0 bridgehead atoms. The van der Waals surface area contributed by atoms with Gasteiger partial charge in [0.05, 0.1) is 11.6 Å². The number of rotatable bonds is 5. The highest BCUT2D eigenvalue weighted by Crippen LogP contribution is 2.27. The maximum Gasteiger partial charge on any atom is 0.306 e. The molecule has 0 unspecified atom stereocenters. The highest BCUT2D eigenvalue weighted by Gasteiger charge is 2.26. The van der Waals surface area contributed by atoms with E-state index in [2.05, 4.69) is 5.32 Å². The smallest absolute Gasteiger partial charge is 0.306 e. The predicted octanol–water partition coefficient (Wildman–Crippen LogP) is 2.38. The van der Waals surface area contributed by atoms with Crippen molar-refractivity contribution in [2.75, 3.05) is 18.0 Å². The van der Waals surface area contributed by atoms with Gasteiger partial charge in [-0.15, -0.1) is 0 Å². The normalized spacial score (nSPS) is 19.8. The Balaban J connectivity index is 1.66. The van der Waals surface area contributed by atoms with E-state index in [0.29, 0.717) is 37.7 Å². The molecular weight excluding hydrogens is 271 g/mol. The lowest BCUT2D eigenvalue weighted by atomic mass is 9.96. The van der Waals surface area contributed by atoms with Crippen LogP contribution < -0.4 is 10.2 Å². The monoisotopic (exact) mass is 292 g/mol. The number of anilines is 1. The quantitative estimate of drug-likeness (QED) is 0.875. The van der Waals surface area contributed by atoms with Gasteiger partial charge in [-0.1, -0.05) is 6.07 Å². The molecule has 1 saturated carbocycles. The Kier molecular flexibility index (Phi) is 4.10. The van der Waals surface area contributed by atoms with Crippen molar-refractivity contribution in [3.63, 3.8) is 0 Å². The second-order valence-corrected chi connectivity index (χ2v) is 6.04. The molecule has 21 heavy (non-hydrogen) atoms. The van der Waals surface area contributed by atoms with Crippen LogP contribution in [0.3, 0.4) is 0 Å². The summed E-state index contributed by atoms with van der Waals surface area (Å²) in [5, 5.41) is 12.4. The zero-order valence-corrected chi connectivity index (χ0v) is 12.0. The number of nitrogens with one attached hydrogen (secondary N) is 1. The minimum atomic E-state index is -0.738. The molecule has 114 valence electrons. The summed E-state index contributed by atoms with van der Waals surface area (Å²) in [6.45, 7) is 1.98. The van der Waals surface area contributed by atoms with Gasteiger partial charge in [-0.05, 0) is 43.4 Å². The zero-order valence-electron chi connectivity index (χ0n) is 12.0. The SMILES string of the molecule is O=C(O)C1CCN(c2cc(CNC3CC3)ccc2F)CC1. The standard InChI is InChI=1S/C16H21FN2O2/c17-14-4-1-11(10-18-13-2-3-13)9-15(14)19-7-5-12(6-8-19)16(20)21/h1,4,9,12-13,18H,2-3,5-8,10H2,(H,20,21). The molecule has 0 spiro atoms. The van der Waals surface area contributed by atoms with Crippen LogP contribution in [0.2, 0.25) is 0 Å². The summed E-state index contributed by atoms with van der Waals surface area (Å²) in [4.78, 5) is 12.9. The van der Waals surface area contributed by atoms with Crippen molar-refractivity contribution >= 4 is 11.7 Å². The number of nitrogens with zero attached hydrogens (tertiary/aromatic N) is 1. The van der Waals surface area contributed by atoms with E-state index < -0.39 is 5.97 Å². The van der Waals surface area contributed by atoms with Crippen LogP contribution in [0.15, 0.2) is 18.2 Å². The van der Waals surface area contributed by atoms with Crippen molar-refractivity contribution in [1.29, 1.82) is 0 Å². The lowest BCUT2D eigenvalue weighted by Gasteiger charge is -2.32. The van der Waals surface area contributed by atoms with Crippen molar-refractivity contribution in [1.82, 2.24) is 5.32 Å². The number of benzene rings is 1. The van der Waals surface area contributed by atoms with E-state index in [0.717, 1.165) is 12.1 Å². The Labute approximate surface area is 124 Å². The molecule has 1 aromatic carbocycles. The topological polar surface area (TPSA) is 52.6 Å². The average Bonchev–Trinajstić information content (AvgIpc) is 3.31. The molecule has 0 radical (unpaired) electrons. The van der Waals surface area contributed by atoms with Crippen molar-refractivity contribution in [2.24, 2.45) is 5.92 Å². The molecule has 5 heteroatoms. The third kappa shape index (κ3) is 3.53. The van der Waals surface area contributed by atoms with Gasteiger partial charge in [-0.3, -0.25) is 4.79 Å². The zero-order chi connectivity index (χ0) is 14.8. The fourth-order valence-electron chi connectivity index (χ4n) is 2.83. The highest BCUT2D eigenvalue weighted by molar-refractivity contribution is 5.70. The van der Waals surface area contributed by atoms with Crippen LogP contribution in [-0.2, 0) is 11.3 Å². The molecule has 3 rings (SSSR count). The molecule has 0 amide bonds. The van der Waals surface area contributed by atoms with E-state index in [1.165, 1.54) is 18.9 Å². The summed E-state index contributed by atoms with van der Waals surface area (Å²) < 4.78 is 14.0. The van der Waals surface area contributed by atoms with Crippen molar-refractivity contribution in [3.8, 4) is 0 Å². The van der Waals surface area contributed by atoms with Gasteiger partial charge in [0, 0.05) is 25.7 Å².